The normalized spacial score (nSPS) is 9.38. The number of hydrogen-bond donors (Lipinski definition) is 0. The van der Waals surface area contributed by atoms with Crippen molar-refractivity contribution in [2.75, 3.05) is 6.26 Å². The molecule has 1 heteroatoms. The molecule has 1 aromatic carbocycles. The van der Waals surface area contributed by atoms with Gasteiger partial charge < -0.3 is 0 Å². The van der Waals surface area contributed by atoms with Gasteiger partial charge in [0.25, 0.3) is 0 Å². The Bertz CT molecular complexity index is 226. The third kappa shape index (κ3) is 7.92. The molecule has 13 heavy (non-hydrogen) atoms. The Hall–Kier alpha value is -0.430. The van der Waals surface area contributed by atoms with E-state index in [0.717, 1.165) is 5.92 Å². The Morgan fingerprint density at radius 3 is 2.00 bits per heavy atom. The number of benzene rings is 1. The van der Waals surface area contributed by atoms with Crippen molar-refractivity contribution >= 4 is 11.8 Å². The van der Waals surface area contributed by atoms with E-state index in [4.69, 9.17) is 0 Å². The summed E-state index contributed by atoms with van der Waals surface area (Å²) < 4.78 is 0. The van der Waals surface area contributed by atoms with Crippen LogP contribution in [0.2, 0.25) is 0 Å². The van der Waals surface area contributed by atoms with Crippen LogP contribution in [0.15, 0.2) is 29.2 Å². The molecule has 0 bridgehead atoms. The SMILES string of the molecule is CC(C)C.CSc1cccc(C)c1. The Kier molecular flexibility index (Phi) is 6.79. The van der Waals surface area contributed by atoms with Gasteiger partial charge in [0.15, 0.2) is 0 Å². The molecule has 0 heterocycles. The molecule has 0 unspecified atom stereocenters. The smallest absolute Gasteiger partial charge is 0.00717 e. The van der Waals surface area contributed by atoms with E-state index in [9.17, 15) is 0 Å². The molecule has 0 nitrogen and oxygen atoms in total. The van der Waals surface area contributed by atoms with Crippen molar-refractivity contribution in [1.29, 1.82) is 0 Å². The molecule has 1 rings (SSSR count). The van der Waals surface area contributed by atoms with E-state index >= 15 is 0 Å². The number of thioether (sulfide) groups is 1. The van der Waals surface area contributed by atoms with E-state index in [1.54, 1.807) is 11.8 Å². The van der Waals surface area contributed by atoms with Crippen LogP contribution >= 0.6 is 11.8 Å². The summed E-state index contributed by atoms with van der Waals surface area (Å²) in [5, 5.41) is 0. The maximum atomic E-state index is 2.19. The molecule has 0 spiro atoms. The maximum Gasteiger partial charge on any atom is 0.00717 e. The fourth-order valence-electron chi connectivity index (χ4n) is 0.742. The Morgan fingerprint density at radius 1 is 1.15 bits per heavy atom. The average molecular weight is 196 g/mol. The van der Waals surface area contributed by atoms with Crippen LogP contribution in [-0.2, 0) is 0 Å². The number of rotatable bonds is 1. The molecule has 0 atom stereocenters. The van der Waals surface area contributed by atoms with Gasteiger partial charge in [-0.15, -0.1) is 11.8 Å². The molecule has 0 radical (unpaired) electrons. The summed E-state index contributed by atoms with van der Waals surface area (Å²) in [5.74, 6) is 0.833. The van der Waals surface area contributed by atoms with Gasteiger partial charge in [-0.05, 0) is 31.2 Å². The lowest BCUT2D eigenvalue weighted by molar-refractivity contribution is 0.737. The van der Waals surface area contributed by atoms with Crippen LogP contribution in [0, 0.1) is 12.8 Å². The average Bonchev–Trinajstić information content (AvgIpc) is 2.03. The molecule has 1 aromatic rings. The van der Waals surface area contributed by atoms with Gasteiger partial charge in [0.1, 0.15) is 0 Å². The predicted molar refractivity (Wildman–Crippen MR) is 63.5 cm³/mol. The van der Waals surface area contributed by atoms with Crippen LogP contribution in [0.1, 0.15) is 26.3 Å². The molecule has 0 fully saturated rings. The molecule has 0 aliphatic rings. The molecule has 0 aliphatic heterocycles. The summed E-state index contributed by atoms with van der Waals surface area (Å²) in [6, 6.07) is 8.50. The summed E-state index contributed by atoms with van der Waals surface area (Å²) in [4.78, 5) is 1.34. The minimum absolute atomic E-state index is 0.833. The molecule has 0 saturated carbocycles. The van der Waals surface area contributed by atoms with Crippen LogP contribution in [0.5, 0.6) is 0 Å². The molecule has 74 valence electrons. The molecule has 0 aromatic heterocycles. The zero-order valence-corrected chi connectivity index (χ0v) is 10.1. The monoisotopic (exact) mass is 196 g/mol. The van der Waals surface area contributed by atoms with Gasteiger partial charge in [0, 0.05) is 4.90 Å². The molecular formula is C12H20S. The third-order valence-electron chi connectivity index (χ3n) is 1.23. The van der Waals surface area contributed by atoms with E-state index in [1.165, 1.54) is 10.5 Å². The Balaban J connectivity index is 0.000000310. The van der Waals surface area contributed by atoms with Gasteiger partial charge in [-0.25, -0.2) is 0 Å². The van der Waals surface area contributed by atoms with Gasteiger partial charge in [-0.3, -0.25) is 0 Å². The van der Waals surface area contributed by atoms with Gasteiger partial charge in [-0.1, -0.05) is 38.5 Å². The Labute approximate surface area is 86.7 Å². The zero-order valence-electron chi connectivity index (χ0n) is 9.29. The van der Waals surface area contributed by atoms with Gasteiger partial charge in [0.05, 0.1) is 0 Å². The topological polar surface area (TPSA) is 0 Å². The summed E-state index contributed by atoms with van der Waals surface area (Å²) in [6.45, 7) is 8.61. The number of hydrogen-bond acceptors (Lipinski definition) is 1. The van der Waals surface area contributed by atoms with Crippen LogP contribution in [-0.4, -0.2) is 6.26 Å². The van der Waals surface area contributed by atoms with Crippen molar-refractivity contribution in [3.05, 3.63) is 29.8 Å². The lowest BCUT2D eigenvalue weighted by Gasteiger charge is -1.94. The van der Waals surface area contributed by atoms with Gasteiger partial charge in [-0.2, -0.15) is 0 Å². The van der Waals surface area contributed by atoms with Crippen molar-refractivity contribution in [2.45, 2.75) is 32.6 Å². The van der Waals surface area contributed by atoms with Crippen LogP contribution in [0.3, 0.4) is 0 Å². The van der Waals surface area contributed by atoms with Crippen LogP contribution in [0.4, 0.5) is 0 Å². The summed E-state index contributed by atoms with van der Waals surface area (Å²) >= 11 is 1.78. The lowest BCUT2D eigenvalue weighted by atomic mass is 10.2. The van der Waals surface area contributed by atoms with Crippen molar-refractivity contribution in [1.82, 2.24) is 0 Å². The molecule has 0 N–H and O–H groups in total. The van der Waals surface area contributed by atoms with E-state index in [0.29, 0.717) is 0 Å². The molecular weight excluding hydrogens is 176 g/mol. The second kappa shape index (κ2) is 7.02. The van der Waals surface area contributed by atoms with Crippen LogP contribution in [0.25, 0.3) is 0 Å². The highest BCUT2D eigenvalue weighted by Crippen LogP contribution is 2.14. The summed E-state index contributed by atoms with van der Waals surface area (Å²) in [6.07, 6.45) is 2.09. The first-order valence-corrected chi connectivity index (χ1v) is 5.89. The molecule has 0 saturated heterocycles. The number of aryl methyl sites for hydroxylation is 1. The minimum atomic E-state index is 0.833. The van der Waals surface area contributed by atoms with Crippen molar-refractivity contribution in [2.24, 2.45) is 5.92 Å². The lowest BCUT2D eigenvalue weighted by Crippen LogP contribution is -1.71. The van der Waals surface area contributed by atoms with Crippen molar-refractivity contribution in [3.8, 4) is 0 Å². The first-order valence-electron chi connectivity index (χ1n) is 4.67. The minimum Gasteiger partial charge on any atom is -0.130 e. The summed E-state index contributed by atoms with van der Waals surface area (Å²) in [5.41, 5.74) is 1.34. The predicted octanol–water partition coefficient (Wildman–Crippen LogP) is 4.38. The summed E-state index contributed by atoms with van der Waals surface area (Å²) in [7, 11) is 0. The highest BCUT2D eigenvalue weighted by atomic mass is 32.2. The van der Waals surface area contributed by atoms with Crippen molar-refractivity contribution < 1.29 is 0 Å². The standard InChI is InChI=1S/C8H10S.C4H10/c1-7-4-3-5-8(6-7)9-2;1-4(2)3/h3-6H,1-2H3;4H,1-3H3. The van der Waals surface area contributed by atoms with Gasteiger partial charge >= 0.3 is 0 Å². The third-order valence-corrected chi connectivity index (χ3v) is 1.95. The molecule has 0 amide bonds. The first-order chi connectivity index (χ1) is 6.06. The fourth-order valence-corrected chi connectivity index (χ4v) is 1.26. The highest BCUT2D eigenvalue weighted by molar-refractivity contribution is 7.98. The zero-order chi connectivity index (χ0) is 10.3. The largest absolute Gasteiger partial charge is 0.130 e. The van der Waals surface area contributed by atoms with Crippen molar-refractivity contribution in [3.63, 3.8) is 0 Å². The van der Waals surface area contributed by atoms with Crippen LogP contribution < -0.4 is 0 Å². The quantitative estimate of drug-likeness (QED) is 0.601. The fraction of sp³-hybridized carbons (Fsp3) is 0.500. The van der Waals surface area contributed by atoms with E-state index in [-0.39, 0.29) is 0 Å². The van der Waals surface area contributed by atoms with E-state index in [1.807, 2.05) is 0 Å². The second-order valence-electron chi connectivity index (χ2n) is 3.75. The molecule has 0 aliphatic carbocycles. The van der Waals surface area contributed by atoms with Gasteiger partial charge in [0.2, 0.25) is 0 Å². The Morgan fingerprint density at radius 2 is 1.69 bits per heavy atom. The van der Waals surface area contributed by atoms with E-state index < -0.39 is 0 Å². The second-order valence-corrected chi connectivity index (χ2v) is 4.63. The highest BCUT2D eigenvalue weighted by Gasteiger charge is 1.86. The first kappa shape index (κ1) is 12.6. The maximum absolute atomic E-state index is 2.19. The van der Waals surface area contributed by atoms with E-state index in [2.05, 4.69) is 58.2 Å².